The molecule has 1 saturated carbocycles. The van der Waals surface area contributed by atoms with Gasteiger partial charge < -0.3 is 0 Å². The standard InChI is InChI=1S/C20H27FO.C10H12/c1-3-15-11-17-6-7-18(21)12-19(17)20(13-15)9-4-5-16(8-10-20)14(2)22;1-2-3-7-10-8-5-4-6-9-10/h6-7,12,15-16H,3-5,8-11,13H2,1-2H3;2,4-6,8-9H,1,3,7H2. The maximum atomic E-state index is 13.9. The normalized spacial score (nSPS) is 24.6. The predicted octanol–water partition coefficient (Wildman–Crippen LogP) is 8.01. The molecule has 2 aromatic rings. The fourth-order valence-corrected chi connectivity index (χ4v) is 5.75. The van der Waals surface area contributed by atoms with Gasteiger partial charge in [-0.05, 0) is 98.4 Å². The van der Waals surface area contributed by atoms with Crippen LogP contribution in [-0.4, -0.2) is 5.78 Å². The highest BCUT2D eigenvalue weighted by molar-refractivity contribution is 5.78. The molecule has 32 heavy (non-hydrogen) atoms. The van der Waals surface area contributed by atoms with Gasteiger partial charge in [0.2, 0.25) is 0 Å². The van der Waals surface area contributed by atoms with Gasteiger partial charge in [-0.2, -0.15) is 0 Å². The summed E-state index contributed by atoms with van der Waals surface area (Å²) in [6.45, 7) is 7.67. The molecule has 0 amide bonds. The van der Waals surface area contributed by atoms with Crippen LogP contribution in [0.15, 0.2) is 61.2 Å². The summed E-state index contributed by atoms with van der Waals surface area (Å²) in [7, 11) is 0. The lowest BCUT2D eigenvalue weighted by molar-refractivity contribution is -0.121. The Morgan fingerprint density at radius 3 is 2.62 bits per heavy atom. The molecule has 0 aliphatic heterocycles. The Kier molecular flexibility index (Phi) is 8.84. The van der Waals surface area contributed by atoms with Gasteiger partial charge in [-0.1, -0.05) is 62.2 Å². The van der Waals surface area contributed by atoms with Gasteiger partial charge >= 0.3 is 0 Å². The first-order chi connectivity index (χ1) is 15.5. The van der Waals surface area contributed by atoms with Crippen molar-refractivity contribution in [2.75, 3.05) is 0 Å². The smallest absolute Gasteiger partial charge is 0.132 e. The zero-order valence-electron chi connectivity index (χ0n) is 19.9. The Bertz CT molecular complexity index is 887. The Labute approximate surface area is 194 Å². The molecule has 0 bridgehead atoms. The van der Waals surface area contributed by atoms with Crippen LogP contribution in [0.4, 0.5) is 4.39 Å². The SMILES string of the molecule is C=CCCc1ccccc1.CCC1Cc2ccc(F)cc2C2(CCCC(C(C)=O)CC2)C1. The molecule has 3 unspecified atom stereocenters. The molecular formula is C30H39FO. The molecule has 0 saturated heterocycles. The van der Waals surface area contributed by atoms with Crippen molar-refractivity contribution >= 4 is 5.78 Å². The summed E-state index contributed by atoms with van der Waals surface area (Å²) in [5, 5.41) is 0. The Hall–Kier alpha value is -2.22. The van der Waals surface area contributed by atoms with Gasteiger partial charge in [-0.15, -0.1) is 6.58 Å². The Balaban J connectivity index is 0.000000243. The number of carbonyl (C=O) groups is 1. The molecule has 1 spiro atoms. The molecule has 0 N–H and O–H groups in total. The minimum atomic E-state index is -0.111. The molecule has 0 heterocycles. The summed E-state index contributed by atoms with van der Waals surface area (Å²) in [5.41, 5.74) is 4.10. The zero-order chi connectivity index (χ0) is 23.0. The zero-order valence-corrected chi connectivity index (χ0v) is 19.9. The van der Waals surface area contributed by atoms with Gasteiger partial charge in [0.15, 0.2) is 0 Å². The summed E-state index contributed by atoms with van der Waals surface area (Å²) < 4.78 is 13.9. The number of halogens is 1. The van der Waals surface area contributed by atoms with Gasteiger partial charge in [-0.25, -0.2) is 4.39 Å². The van der Waals surface area contributed by atoms with Gasteiger partial charge in [0.05, 0.1) is 0 Å². The van der Waals surface area contributed by atoms with Crippen molar-refractivity contribution in [1.29, 1.82) is 0 Å². The van der Waals surface area contributed by atoms with Crippen LogP contribution >= 0.6 is 0 Å². The average Bonchev–Trinajstić information content (AvgIpc) is 3.02. The van der Waals surface area contributed by atoms with Gasteiger partial charge in [0.25, 0.3) is 0 Å². The maximum absolute atomic E-state index is 13.9. The lowest BCUT2D eigenvalue weighted by Gasteiger charge is -2.42. The second-order valence-electron chi connectivity index (χ2n) is 9.82. The third-order valence-electron chi connectivity index (χ3n) is 7.64. The van der Waals surface area contributed by atoms with E-state index in [0.717, 1.165) is 51.4 Å². The number of Topliss-reactive ketones (excluding diaryl/α,β-unsaturated/α-hetero) is 1. The number of hydrogen-bond donors (Lipinski definition) is 0. The van der Waals surface area contributed by atoms with Crippen molar-refractivity contribution in [3.63, 3.8) is 0 Å². The third-order valence-corrected chi connectivity index (χ3v) is 7.64. The molecule has 2 heteroatoms. The molecule has 0 aromatic heterocycles. The van der Waals surface area contributed by atoms with Crippen molar-refractivity contribution in [1.82, 2.24) is 0 Å². The second-order valence-corrected chi connectivity index (χ2v) is 9.82. The van der Waals surface area contributed by atoms with Crippen LogP contribution in [0.3, 0.4) is 0 Å². The Morgan fingerprint density at radius 1 is 1.16 bits per heavy atom. The molecule has 2 aromatic carbocycles. The topological polar surface area (TPSA) is 17.1 Å². The minimum Gasteiger partial charge on any atom is -0.300 e. The molecule has 0 radical (unpaired) electrons. The van der Waals surface area contributed by atoms with Crippen LogP contribution in [0, 0.1) is 17.7 Å². The number of ketones is 1. The first-order valence-electron chi connectivity index (χ1n) is 12.4. The number of benzene rings is 2. The fraction of sp³-hybridized carbons (Fsp3) is 0.500. The minimum absolute atomic E-state index is 0.111. The number of hydrogen-bond acceptors (Lipinski definition) is 1. The van der Waals surface area contributed by atoms with E-state index in [1.807, 2.05) is 18.2 Å². The molecule has 2 aliphatic rings. The molecule has 2 aliphatic carbocycles. The van der Waals surface area contributed by atoms with Crippen LogP contribution in [0.1, 0.15) is 81.9 Å². The van der Waals surface area contributed by atoms with Gasteiger partial charge in [0.1, 0.15) is 11.6 Å². The number of allylic oxidation sites excluding steroid dienone is 1. The van der Waals surface area contributed by atoms with E-state index >= 15 is 0 Å². The highest BCUT2D eigenvalue weighted by Gasteiger charge is 2.41. The lowest BCUT2D eigenvalue weighted by atomic mass is 9.62. The number of aryl methyl sites for hydroxylation is 1. The lowest BCUT2D eigenvalue weighted by Crippen LogP contribution is -2.35. The predicted molar refractivity (Wildman–Crippen MR) is 132 cm³/mol. The summed E-state index contributed by atoms with van der Waals surface area (Å²) in [4.78, 5) is 11.8. The average molecular weight is 435 g/mol. The van der Waals surface area contributed by atoms with Crippen LogP contribution in [-0.2, 0) is 23.1 Å². The van der Waals surface area contributed by atoms with Crippen molar-refractivity contribution in [3.8, 4) is 0 Å². The van der Waals surface area contributed by atoms with E-state index in [0.29, 0.717) is 11.7 Å². The molecule has 3 atom stereocenters. The van der Waals surface area contributed by atoms with E-state index in [1.54, 1.807) is 19.1 Å². The maximum Gasteiger partial charge on any atom is 0.132 e. The highest BCUT2D eigenvalue weighted by Crippen LogP contribution is 2.49. The third kappa shape index (κ3) is 6.18. The van der Waals surface area contributed by atoms with Crippen LogP contribution in [0.25, 0.3) is 0 Å². The molecule has 4 rings (SSSR count). The monoisotopic (exact) mass is 434 g/mol. The van der Waals surface area contributed by atoms with Gasteiger partial charge in [-0.3, -0.25) is 4.79 Å². The molecule has 1 fully saturated rings. The fourth-order valence-electron chi connectivity index (χ4n) is 5.75. The van der Waals surface area contributed by atoms with Crippen LogP contribution in [0.5, 0.6) is 0 Å². The van der Waals surface area contributed by atoms with Crippen LogP contribution < -0.4 is 0 Å². The van der Waals surface area contributed by atoms with E-state index < -0.39 is 0 Å². The Morgan fingerprint density at radius 2 is 1.94 bits per heavy atom. The first-order valence-corrected chi connectivity index (χ1v) is 12.4. The highest BCUT2D eigenvalue weighted by atomic mass is 19.1. The number of fused-ring (bicyclic) bond motifs is 2. The molecule has 1 nitrogen and oxygen atoms in total. The van der Waals surface area contributed by atoms with E-state index in [-0.39, 0.29) is 17.2 Å². The van der Waals surface area contributed by atoms with Crippen LogP contribution in [0.2, 0.25) is 0 Å². The second kappa shape index (κ2) is 11.6. The van der Waals surface area contributed by atoms with Crippen molar-refractivity contribution in [2.45, 2.75) is 83.5 Å². The molecular weight excluding hydrogens is 395 g/mol. The van der Waals surface area contributed by atoms with E-state index in [2.05, 4.69) is 37.8 Å². The summed E-state index contributed by atoms with van der Waals surface area (Å²) in [6.07, 6.45) is 12.8. The summed E-state index contributed by atoms with van der Waals surface area (Å²) >= 11 is 0. The van der Waals surface area contributed by atoms with E-state index in [4.69, 9.17) is 0 Å². The molecule has 172 valence electrons. The van der Waals surface area contributed by atoms with Gasteiger partial charge in [0, 0.05) is 5.92 Å². The van der Waals surface area contributed by atoms with Crippen molar-refractivity contribution < 1.29 is 9.18 Å². The van der Waals surface area contributed by atoms with Crippen molar-refractivity contribution in [2.24, 2.45) is 11.8 Å². The number of carbonyl (C=O) groups excluding carboxylic acids is 1. The summed E-state index contributed by atoms with van der Waals surface area (Å²) in [5.74, 6) is 1.14. The summed E-state index contributed by atoms with van der Waals surface area (Å²) in [6, 6.07) is 15.9. The van der Waals surface area contributed by atoms with Crippen molar-refractivity contribution in [3.05, 3.63) is 83.7 Å². The van der Waals surface area contributed by atoms with E-state index in [1.165, 1.54) is 29.5 Å². The number of rotatable bonds is 5. The quantitative estimate of drug-likeness (QED) is 0.436. The largest absolute Gasteiger partial charge is 0.300 e. The van der Waals surface area contributed by atoms with E-state index in [9.17, 15) is 9.18 Å². The first kappa shape index (κ1) is 24.4.